The maximum absolute atomic E-state index is 13.5. The normalized spacial score (nSPS) is 12.0. The molecule has 0 aliphatic carbocycles. The quantitative estimate of drug-likeness (QED) is 0.209. The van der Waals surface area contributed by atoms with Gasteiger partial charge in [-0.15, -0.1) is 0 Å². The molecule has 15 heteroatoms. The molecular weight excluding hydrogens is 638 g/mol. The lowest BCUT2D eigenvalue weighted by Crippen LogP contribution is -2.38. The van der Waals surface area contributed by atoms with Gasteiger partial charge in [-0.3, -0.25) is 13.8 Å². The molecule has 4 aromatic carbocycles. The van der Waals surface area contributed by atoms with Crippen LogP contribution in [-0.2, 0) is 31.0 Å². The molecule has 0 saturated carbocycles. The van der Waals surface area contributed by atoms with Gasteiger partial charge in [0.25, 0.3) is 20.0 Å². The Labute approximate surface area is 249 Å². The van der Waals surface area contributed by atoms with Crippen molar-refractivity contribution in [1.82, 2.24) is 0 Å². The van der Waals surface area contributed by atoms with Crippen molar-refractivity contribution < 1.29 is 34.8 Å². The fraction of sp³-hybridized carbons (Fsp3) is 0.0741. The van der Waals surface area contributed by atoms with Crippen LogP contribution in [0.25, 0.3) is 0 Å². The molecule has 1 amide bonds. The summed E-state index contributed by atoms with van der Waals surface area (Å²) >= 11 is 11.9. The number of rotatable bonds is 9. The van der Waals surface area contributed by atoms with Crippen molar-refractivity contribution in [3.63, 3.8) is 0 Å². The minimum atomic E-state index is -4.81. The fourth-order valence-corrected chi connectivity index (χ4v) is 6.59. The van der Waals surface area contributed by atoms with Crippen molar-refractivity contribution in [1.29, 1.82) is 0 Å². The zero-order valence-corrected chi connectivity index (χ0v) is 24.3. The molecule has 4 aromatic rings. The highest BCUT2D eigenvalue weighted by atomic mass is 35.5. The van der Waals surface area contributed by atoms with E-state index in [0.717, 1.165) is 6.07 Å². The maximum atomic E-state index is 13.5. The second kappa shape index (κ2) is 12.2. The molecule has 0 spiro atoms. The number of hydrogen-bond donors (Lipinski definition) is 2. The first-order valence-electron chi connectivity index (χ1n) is 11.8. The Bertz CT molecular complexity index is 1800. The first kappa shape index (κ1) is 31.2. The summed E-state index contributed by atoms with van der Waals surface area (Å²) in [5.74, 6) is -0.933. The second-order valence-corrected chi connectivity index (χ2v) is 13.1. The SMILES string of the molecule is O=C(CN(c1cc(C(F)(F)F)ccc1Cl)S(=O)(=O)c1ccccc1)Nc1ccc(S(=O)(=O)Nc2ccc(Cl)cc2)cc1. The molecule has 0 atom stereocenters. The van der Waals surface area contributed by atoms with Crippen LogP contribution in [0.2, 0.25) is 10.0 Å². The molecule has 220 valence electrons. The summed E-state index contributed by atoms with van der Waals surface area (Å²) in [5.41, 5.74) is -1.36. The third kappa shape index (κ3) is 7.34. The molecule has 0 fully saturated rings. The van der Waals surface area contributed by atoms with E-state index < -0.39 is 49.9 Å². The van der Waals surface area contributed by atoms with Gasteiger partial charge in [-0.25, -0.2) is 16.8 Å². The van der Waals surface area contributed by atoms with Crippen LogP contribution in [-0.4, -0.2) is 29.3 Å². The molecule has 0 heterocycles. The first-order valence-corrected chi connectivity index (χ1v) is 15.5. The van der Waals surface area contributed by atoms with Crippen LogP contribution < -0.4 is 14.3 Å². The molecule has 0 radical (unpaired) electrons. The Morgan fingerprint density at radius 2 is 1.36 bits per heavy atom. The third-order valence-electron chi connectivity index (χ3n) is 5.71. The zero-order valence-electron chi connectivity index (χ0n) is 21.1. The highest BCUT2D eigenvalue weighted by molar-refractivity contribution is 7.93. The summed E-state index contributed by atoms with van der Waals surface area (Å²) in [6.45, 7) is -0.948. The first-order chi connectivity index (χ1) is 19.7. The lowest BCUT2D eigenvalue weighted by atomic mass is 10.2. The van der Waals surface area contributed by atoms with Crippen molar-refractivity contribution in [2.45, 2.75) is 16.0 Å². The van der Waals surface area contributed by atoms with Gasteiger partial charge in [-0.2, -0.15) is 13.2 Å². The Morgan fingerprint density at radius 1 is 0.762 bits per heavy atom. The summed E-state index contributed by atoms with van der Waals surface area (Å²) < 4.78 is 95.6. The van der Waals surface area contributed by atoms with E-state index in [2.05, 4.69) is 10.0 Å². The summed E-state index contributed by atoms with van der Waals surface area (Å²) in [4.78, 5) is 12.6. The monoisotopic (exact) mass is 657 g/mol. The minimum Gasteiger partial charge on any atom is -0.325 e. The van der Waals surface area contributed by atoms with Gasteiger partial charge in [0.15, 0.2) is 0 Å². The summed E-state index contributed by atoms with van der Waals surface area (Å²) in [6, 6.07) is 19.8. The highest BCUT2D eigenvalue weighted by Gasteiger charge is 2.34. The fourth-order valence-electron chi connectivity index (χ4n) is 3.68. The standard InChI is InChI=1S/C27H20Cl2F3N3O5S2/c28-19-7-9-21(10-8-19)34-41(37,38)22-13-11-20(12-14-22)33-26(36)17-35(42(39,40)23-4-2-1-3-5-23)25-16-18(27(30,31)32)6-15-24(25)29/h1-16,34H,17H2,(H,33,36). The molecule has 0 unspecified atom stereocenters. The Morgan fingerprint density at radius 3 is 1.95 bits per heavy atom. The lowest BCUT2D eigenvalue weighted by Gasteiger charge is -2.26. The number of halogens is 5. The molecule has 4 rings (SSSR count). The molecule has 2 N–H and O–H groups in total. The van der Waals surface area contributed by atoms with Crippen LogP contribution in [0.5, 0.6) is 0 Å². The van der Waals surface area contributed by atoms with Gasteiger partial charge in [-0.05, 0) is 78.9 Å². The van der Waals surface area contributed by atoms with Gasteiger partial charge in [0.1, 0.15) is 6.54 Å². The van der Waals surface area contributed by atoms with Crippen LogP contribution in [0.3, 0.4) is 0 Å². The number of carbonyl (C=O) groups excluding carboxylic acids is 1. The highest BCUT2D eigenvalue weighted by Crippen LogP contribution is 2.37. The number of hydrogen-bond acceptors (Lipinski definition) is 5. The summed E-state index contributed by atoms with van der Waals surface area (Å²) in [7, 11) is -8.56. The smallest absolute Gasteiger partial charge is 0.325 e. The molecular formula is C27H20Cl2F3N3O5S2. The Balaban J connectivity index is 1.59. The van der Waals surface area contributed by atoms with E-state index in [4.69, 9.17) is 23.2 Å². The van der Waals surface area contributed by atoms with Gasteiger partial charge in [-0.1, -0.05) is 41.4 Å². The second-order valence-electron chi connectivity index (χ2n) is 8.67. The van der Waals surface area contributed by atoms with E-state index in [1.54, 1.807) is 6.07 Å². The van der Waals surface area contributed by atoms with Crippen LogP contribution in [0.15, 0.2) is 107 Å². The Kier molecular flexibility index (Phi) is 9.06. The molecule has 0 aromatic heterocycles. The van der Waals surface area contributed by atoms with Crippen molar-refractivity contribution in [3.8, 4) is 0 Å². The number of amides is 1. The zero-order chi connectivity index (χ0) is 30.7. The van der Waals surface area contributed by atoms with Crippen LogP contribution >= 0.6 is 23.2 Å². The van der Waals surface area contributed by atoms with Gasteiger partial charge in [0.05, 0.1) is 26.1 Å². The average Bonchev–Trinajstić information content (AvgIpc) is 2.93. The number of nitrogens with zero attached hydrogens (tertiary/aromatic N) is 1. The van der Waals surface area contributed by atoms with E-state index in [0.29, 0.717) is 21.5 Å². The van der Waals surface area contributed by atoms with Gasteiger partial charge in [0, 0.05) is 16.4 Å². The number of nitrogens with one attached hydrogen (secondary N) is 2. The van der Waals surface area contributed by atoms with E-state index in [1.165, 1.54) is 72.8 Å². The van der Waals surface area contributed by atoms with Gasteiger partial charge in [0.2, 0.25) is 5.91 Å². The largest absolute Gasteiger partial charge is 0.416 e. The van der Waals surface area contributed by atoms with E-state index in [1.807, 2.05) is 0 Å². The number of alkyl halides is 3. The van der Waals surface area contributed by atoms with Crippen molar-refractivity contribution in [3.05, 3.63) is 113 Å². The number of benzene rings is 4. The summed E-state index contributed by atoms with van der Waals surface area (Å²) in [6.07, 6.45) is -4.81. The van der Waals surface area contributed by atoms with Gasteiger partial charge >= 0.3 is 6.18 Å². The molecule has 42 heavy (non-hydrogen) atoms. The minimum absolute atomic E-state index is 0.0950. The molecule has 0 aliphatic rings. The lowest BCUT2D eigenvalue weighted by molar-refractivity contribution is -0.137. The molecule has 0 aliphatic heterocycles. The van der Waals surface area contributed by atoms with Crippen molar-refractivity contribution in [2.24, 2.45) is 0 Å². The third-order valence-corrected chi connectivity index (χ3v) is 9.45. The van der Waals surface area contributed by atoms with E-state index in [-0.39, 0.29) is 26.2 Å². The average molecular weight is 659 g/mol. The predicted molar refractivity (Wildman–Crippen MR) is 155 cm³/mol. The van der Waals surface area contributed by atoms with Crippen LogP contribution in [0.4, 0.5) is 30.2 Å². The predicted octanol–water partition coefficient (Wildman–Crippen LogP) is 6.65. The molecule has 8 nitrogen and oxygen atoms in total. The number of anilines is 3. The van der Waals surface area contributed by atoms with E-state index >= 15 is 0 Å². The molecule has 0 bridgehead atoms. The number of sulfonamides is 2. The summed E-state index contributed by atoms with van der Waals surface area (Å²) in [5, 5.41) is 2.51. The van der Waals surface area contributed by atoms with Gasteiger partial charge < -0.3 is 5.32 Å². The maximum Gasteiger partial charge on any atom is 0.416 e. The van der Waals surface area contributed by atoms with E-state index in [9.17, 15) is 34.8 Å². The van der Waals surface area contributed by atoms with Crippen LogP contribution in [0, 0.1) is 0 Å². The van der Waals surface area contributed by atoms with Crippen LogP contribution in [0.1, 0.15) is 5.56 Å². The topological polar surface area (TPSA) is 113 Å². The number of carbonyl (C=O) groups is 1. The van der Waals surface area contributed by atoms with Crippen molar-refractivity contribution >= 4 is 66.2 Å². The van der Waals surface area contributed by atoms with Crippen molar-refractivity contribution in [2.75, 3.05) is 20.9 Å². The molecule has 0 saturated heterocycles. The Hall–Kier alpha value is -3.78.